The third kappa shape index (κ3) is 5.85. The van der Waals surface area contributed by atoms with Crippen molar-refractivity contribution >= 4 is 12.4 Å². The van der Waals surface area contributed by atoms with Crippen LogP contribution in [0.5, 0.6) is 0 Å². The smallest absolute Gasteiger partial charge is 0.338 e. The van der Waals surface area contributed by atoms with Crippen LogP contribution >= 0.6 is 12.4 Å². The van der Waals surface area contributed by atoms with Crippen molar-refractivity contribution in [1.82, 2.24) is 15.0 Å². The largest absolute Gasteiger partial charge is 0.401 e. The molecule has 0 saturated heterocycles. The SMILES string of the molecule is CCN(Cc1noc(CN)n1)CC(F)(F)F.Cl. The Morgan fingerprint density at radius 3 is 2.47 bits per heavy atom. The van der Waals surface area contributed by atoms with Gasteiger partial charge in [-0.05, 0) is 6.54 Å². The van der Waals surface area contributed by atoms with Crippen molar-refractivity contribution in [3.8, 4) is 0 Å². The third-order valence-electron chi connectivity index (χ3n) is 1.90. The van der Waals surface area contributed by atoms with E-state index in [0.29, 0.717) is 0 Å². The summed E-state index contributed by atoms with van der Waals surface area (Å²) in [6.07, 6.45) is -4.23. The molecule has 0 aliphatic heterocycles. The van der Waals surface area contributed by atoms with Gasteiger partial charge in [0.1, 0.15) is 0 Å². The molecular weight excluding hydrogens is 261 g/mol. The van der Waals surface area contributed by atoms with Gasteiger partial charge in [0.15, 0.2) is 5.82 Å². The standard InChI is InChI=1S/C8H13F3N4O.ClH/c1-2-15(5-8(9,10)11)4-6-13-7(3-12)16-14-6;/h2-5,12H2,1H3;1H. The molecule has 0 fully saturated rings. The molecule has 1 heterocycles. The van der Waals surface area contributed by atoms with Gasteiger partial charge in [0, 0.05) is 0 Å². The van der Waals surface area contributed by atoms with Crippen molar-refractivity contribution in [2.45, 2.75) is 26.2 Å². The highest BCUT2D eigenvalue weighted by Crippen LogP contribution is 2.17. The highest BCUT2D eigenvalue weighted by Gasteiger charge is 2.30. The number of halogens is 4. The highest BCUT2D eigenvalue weighted by atomic mass is 35.5. The molecule has 17 heavy (non-hydrogen) atoms. The van der Waals surface area contributed by atoms with Gasteiger partial charge in [-0.2, -0.15) is 18.2 Å². The lowest BCUT2D eigenvalue weighted by Crippen LogP contribution is -2.33. The first-order valence-corrected chi connectivity index (χ1v) is 4.75. The number of nitrogens with zero attached hydrogens (tertiary/aromatic N) is 3. The van der Waals surface area contributed by atoms with Crippen LogP contribution in [-0.4, -0.2) is 34.3 Å². The fraction of sp³-hybridized carbons (Fsp3) is 0.750. The molecule has 2 N–H and O–H groups in total. The lowest BCUT2D eigenvalue weighted by molar-refractivity contribution is -0.146. The first-order chi connectivity index (χ1) is 7.44. The molecule has 0 spiro atoms. The zero-order valence-corrected chi connectivity index (χ0v) is 10.0. The maximum absolute atomic E-state index is 12.1. The van der Waals surface area contributed by atoms with Crippen molar-refractivity contribution in [2.75, 3.05) is 13.1 Å². The van der Waals surface area contributed by atoms with E-state index < -0.39 is 12.7 Å². The molecule has 0 aromatic carbocycles. The first-order valence-electron chi connectivity index (χ1n) is 4.75. The molecule has 0 aliphatic carbocycles. The molecular formula is C8H14ClF3N4O. The van der Waals surface area contributed by atoms with Gasteiger partial charge < -0.3 is 10.3 Å². The van der Waals surface area contributed by atoms with Crippen molar-refractivity contribution in [1.29, 1.82) is 0 Å². The Labute approximate surface area is 103 Å². The van der Waals surface area contributed by atoms with E-state index in [1.807, 2.05) is 0 Å². The summed E-state index contributed by atoms with van der Waals surface area (Å²) in [6, 6.07) is 0. The topological polar surface area (TPSA) is 68.2 Å². The summed E-state index contributed by atoms with van der Waals surface area (Å²) in [5.41, 5.74) is 5.24. The normalized spacial score (nSPS) is 11.6. The van der Waals surface area contributed by atoms with Gasteiger partial charge in [0.25, 0.3) is 0 Å². The summed E-state index contributed by atoms with van der Waals surface area (Å²) in [6.45, 7) is 0.982. The number of rotatable bonds is 5. The van der Waals surface area contributed by atoms with Crippen LogP contribution in [0.15, 0.2) is 4.52 Å². The van der Waals surface area contributed by atoms with Crippen molar-refractivity contribution in [3.63, 3.8) is 0 Å². The number of alkyl halides is 3. The Kier molecular flexibility index (Phi) is 6.43. The second-order valence-electron chi connectivity index (χ2n) is 3.23. The summed E-state index contributed by atoms with van der Waals surface area (Å²) < 4.78 is 41.1. The zero-order valence-electron chi connectivity index (χ0n) is 9.20. The molecule has 1 rings (SSSR count). The average Bonchev–Trinajstić information content (AvgIpc) is 2.62. The van der Waals surface area contributed by atoms with E-state index in [1.165, 1.54) is 4.90 Å². The van der Waals surface area contributed by atoms with Gasteiger partial charge in [-0.1, -0.05) is 12.1 Å². The summed E-state index contributed by atoms with van der Waals surface area (Å²) in [4.78, 5) is 5.01. The molecule has 0 aliphatic rings. The van der Waals surface area contributed by atoms with E-state index in [4.69, 9.17) is 10.3 Å². The Morgan fingerprint density at radius 1 is 1.41 bits per heavy atom. The molecule has 0 saturated carbocycles. The maximum Gasteiger partial charge on any atom is 0.401 e. The Morgan fingerprint density at radius 2 is 2.06 bits per heavy atom. The zero-order chi connectivity index (χ0) is 12.2. The van der Waals surface area contributed by atoms with Crippen molar-refractivity contribution in [3.05, 3.63) is 11.7 Å². The number of hydrogen-bond donors (Lipinski definition) is 1. The summed E-state index contributed by atoms with van der Waals surface area (Å²) >= 11 is 0. The summed E-state index contributed by atoms with van der Waals surface area (Å²) in [7, 11) is 0. The number of hydrogen-bond acceptors (Lipinski definition) is 5. The molecule has 0 atom stereocenters. The van der Waals surface area contributed by atoms with Gasteiger partial charge in [-0.15, -0.1) is 12.4 Å². The van der Waals surface area contributed by atoms with E-state index >= 15 is 0 Å². The molecule has 0 unspecified atom stereocenters. The van der Waals surface area contributed by atoms with Gasteiger partial charge in [0.05, 0.1) is 19.6 Å². The van der Waals surface area contributed by atoms with E-state index in [0.717, 1.165) is 0 Å². The quantitative estimate of drug-likeness (QED) is 0.877. The van der Waals surface area contributed by atoms with Crippen LogP contribution in [-0.2, 0) is 13.1 Å². The van der Waals surface area contributed by atoms with Crippen molar-refractivity contribution in [2.24, 2.45) is 5.73 Å². The van der Waals surface area contributed by atoms with Crippen LogP contribution in [0.1, 0.15) is 18.6 Å². The van der Waals surface area contributed by atoms with Crippen LogP contribution in [0.3, 0.4) is 0 Å². The minimum Gasteiger partial charge on any atom is -0.338 e. The minimum absolute atomic E-state index is 0. The predicted octanol–water partition coefficient (Wildman–Crippen LogP) is 1.33. The van der Waals surface area contributed by atoms with E-state index in [-0.39, 0.29) is 43.8 Å². The van der Waals surface area contributed by atoms with E-state index in [9.17, 15) is 13.2 Å². The van der Waals surface area contributed by atoms with Crippen molar-refractivity contribution < 1.29 is 17.7 Å². The predicted molar refractivity (Wildman–Crippen MR) is 56.4 cm³/mol. The van der Waals surface area contributed by atoms with Gasteiger partial charge in [-0.3, -0.25) is 4.90 Å². The lowest BCUT2D eigenvalue weighted by Gasteiger charge is -2.19. The van der Waals surface area contributed by atoms with Crippen LogP contribution in [0.25, 0.3) is 0 Å². The minimum atomic E-state index is -4.23. The van der Waals surface area contributed by atoms with Gasteiger partial charge in [0.2, 0.25) is 5.89 Å². The average molecular weight is 275 g/mol. The Hall–Kier alpha value is -0.860. The molecule has 0 amide bonds. The summed E-state index contributed by atoms with van der Waals surface area (Å²) in [5, 5.41) is 3.53. The third-order valence-corrected chi connectivity index (χ3v) is 1.90. The lowest BCUT2D eigenvalue weighted by atomic mass is 10.4. The highest BCUT2D eigenvalue weighted by molar-refractivity contribution is 5.85. The second-order valence-corrected chi connectivity index (χ2v) is 3.23. The van der Waals surface area contributed by atoms with E-state index in [1.54, 1.807) is 6.92 Å². The molecule has 1 aromatic rings. The fourth-order valence-corrected chi connectivity index (χ4v) is 1.17. The number of nitrogens with two attached hydrogens (primary N) is 1. The molecule has 0 bridgehead atoms. The molecule has 0 radical (unpaired) electrons. The molecule has 100 valence electrons. The Balaban J connectivity index is 0.00000256. The summed E-state index contributed by atoms with van der Waals surface area (Å²) in [5.74, 6) is 0.435. The second kappa shape index (κ2) is 6.77. The molecule has 1 aromatic heterocycles. The van der Waals surface area contributed by atoms with Crippen LogP contribution < -0.4 is 5.73 Å². The maximum atomic E-state index is 12.1. The van der Waals surface area contributed by atoms with Crippen LogP contribution in [0, 0.1) is 0 Å². The fourth-order valence-electron chi connectivity index (χ4n) is 1.17. The Bertz CT molecular complexity index is 331. The monoisotopic (exact) mass is 274 g/mol. The number of aromatic nitrogens is 2. The van der Waals surface area contributed by atoms with Gasteiger partial charge >= 0.3 is 6.18 Å². The van der Waals surface area contributed by atoms with Crippen LogP contribution in [0.2, 0.25) is 0 Å². The van der Waals surface area contributed by atoms with E-state index in [2.05, 4.69) is 10.1 Å². The molecule has 5 nitrogen and oxygen atoms in total. The van der Waals surface area contributed by atoms with Crippen LogP contribution in [0.4, 0.5) is 13.2 Å². The molecule has 9 heteroatoms. The first kappa shape index (κ1) is 16.1. The van der Waals surface area contributed by atoms with Gasteiger partial charge in [-0.25, -0.2) is 0 Å².